The third-order valence-corrected chi connectivity index (χ3v) is 2.84. The zero-order valence-corrected chi connectivity index (χ0v) is 9.22. The van der Waals surface area contributed by atoms with Gasteiger partial charge in [0.15, 0.2) is 0 Å². The van der Waals surface area contributed by atoms with Crippen molar-refractivity contribution in [2.24, 2.45) is 11.7 Å². The van der Waals surface area contributed by atoms with Gasteiger partial charge in [0.1, 0.15) is 0 Å². The van der Waals surface area contributed by atoms with Crippen molar-refractivity contribution < 1.29 is 5.11 Å². The minimum Gasteiger partial charge on any atom is -0.396 e. The van der Waals surface area contributed by atoms with E-state index in [1.54, 1.807) is 6.07 Å². The molecule has 1 aromatic carbocycles. The Hall–Kier alpha value is -0.280. The zero-order valence-electron chi connectivity index (χ0n) is 7.71. The van der Waals surface area contributed by atoms with Crippen LogP contribution in [0.3, 0.4) is 0 Å². The third-order valence-electron chi connectivity index (χ3n) is 2.10. The fourth-order valence-corrected chi connectivity index (χ4v) is 1.54. The highest BCUT2D eigenvalue weighted by molar-refractivity contribution is 6.42. The maximum atomic E-state index is 8.97. The highest BCUT2D eigenvalue weighted by Gasteiger charge is 2.07. The number of nitrogens with two attached hydrogens (primary N) is 1. The summed E-state index contributed by atoms with van der Waals surface area (Å²) in [5.74, 6) is 0.0900. The minimum atomic E-state index is 0.0900. The summed E-state index contributed by atoms with van der Waals surface area (Å²) in [6.45, 7) is 0.563. The first-order chi connectivity index (χ1) is 6.67. The van der Waals surface area contributed by atoms with Gasteiger partial charge in [-0.1, -0.05) is 29.3 Å². The topological polar surface area (TPSA) is 46.2 Å². The standard InChI is InChI=1S/C10H13Cl2NO/c11-9-2-1-7(4-10(9)12)3-8(5-13)6-14/h1-2,4,8,14H,3,5-6,13H2/t8-/m1/s1. The van der Waals surface area contributed by atoms with E-state index in [0.29, 0.717) is 16.6 Å². The molecule has 0 aliphatic carbocycles. The Balaban J connectivity index is 2.72. The van der Waals surface area contributed by atoms with Gasteiger partial charge in [0.25, 0.3) is 0 Å². The molecule has 0 saturated heterocycles. The maximum absolute atomic E-state index is 8.97. The van der Waals surface area contributed by atoms with Crippen molar-refractivity contribution in [2.75, 3.05) is 13.2 Å². The van der Waals surface area contributed by atoms with Gasteiger partial charge in [0.05, 0.1) is 10.0 Å². The van der Waals surface area contributed by atoms with E-state index in [1.807, 2.05) is 12.1 Å². The van der Waals surface area contributed by atoms with Crippen LogP contribution in [0.15, 0.2) is 18.2 Å². The van der Waals surface area contributed by atoms with Crippen LogP contribution in [0.1, 0.15) is 5.56 Å². The number of aliphatic hydroxyl groups excluding tert-OH is 1. The van der Waals surface area contributed by atoms with E-state index in [9.17, 15) is 0 Å². The molecule has 0 aliphatic heterocycles. The summed E-state index contributed by atoms with van der Waals surface area (Å²) >= 11 is 11.6. The molecular weight excluding hydrogens is 221 g/mol. The van der Waals surface area contributed by atoms with Crippen LogP contribution in [0.25, 0.3) is 0 Å². The van der Waals surface area contributed by atoms with E-state index in [1.165, 1.54) is 0 Å². The lowest BCUT2D eigenvalue weighted by Crippen LogP contribution is -2.20. The molecule has 4 heteroatoms. The van der Waals surface area contributed by atoms with E-state index >= 15 is 0 Å². The second-order valence-corrected chi connectivity index (χ2v) is 4.05. The molecular formula is C10H13Cl2NO. The summed E-state index contributed by atoms with van der Waals surface area (Å²) < 4.78 is 0. The molecule has 0 aliphatic rings. The quantitative estimate of drug-likeness (QED) is 0.837. The molecule has 0 bridgehead atoms. The number of rotatable bonds is 4. The summed E-state index contributed by atoms with van der Waals surface area (Å²) in [5, 5.41) is 10.1. The molecule has 0 amide bonds. The monoisotopic (exact) mass is 233 g/mol. The average Bonchev–Trinajstić information content (AvgIpc) is 2.19. The van der Waals surface area contributed by atoms with E-state index in [4.69, 9.17) is 34.0 Å². The predicted octanol–water partition coefficient (Wildman–Crippen LogP) is 2.10. The number of hydrogen-bond acceptors (Lipinski definition) is 2. The van der Waals surface area contributed by atoms with Gasteiger partial charge >= 0.3 is 0 Å². The maximum Gasteiger partial charge on any atom is 0.0595 e. The number of aliphatic hydroxyl groups is 1. The first-order valence-electron chi connectivity index (χ1n) is 4.42. The van der Waals surface area contributed by atoms with Gasteiger partial charge in [-0.05, 0) is 36.6 Å². The summed E-state index contributed by atoms with van der Waals surface area (Å²) in [4.78, 5) is 0. The van der Waals surface area contributed by atoms with Crippen molar-refractivity contribution in [1.29, 1.82) is 0 Å². The number of halogens is 2. The van der Waals surface area contributed by atoms with Crippen LogP contribution in [-0.4, -0.2) is 18.3 Å². The van der Waals surface area contributed by atoms with E-state index in [0.717, 1.165) is 12.0 Å². The molecule has 0 fully saturated rings. The van der Waals surface area contributed by atoms with Crippen LogP contribution in [0.4, 0.5) is 0 Å². The molecule has 0 spiro atoms. The highest BCUT2D eigenvalue weighted by Crippen LogP contribution is 2.23. The Bertz CT molecular complexity index is 300. The summed E-state index contributed by atoms with van der Waals surface area (Å²) in [6.07, 6.45) is 0.726. The largest absolute Gasteiger partial charge is 0.396 e. The fraction of sp³-hybridized carbons (Fsp3) is 0.400. The van der Waals surface area contributed by atoms with E-state index in [-0.39, 0.29) is 12.5 Å². The van der Waals surface area contributed by atoms with Crippen molar-refractivity contribution in [3.8, 4) is 0 Å². The SMILES string of the molecule is NC[C@H](CO)Cc1ccc(Cl)c(Cl)c1. The molecule has 0 radical (unpaired) electrons. The van der Waals surface area contributed by atoms with Crippen LogP contribution < -0.4 is 5.73 Å². The van der Waals surface area contributed by atoms with E-state index < -0.39 is 0 Å². The van der Waals surface area contributed by atoms with Gasteiger partial charge < -0.3 is 10.8 Å². The normalized spacial score (nSPS) is 12.9. The zero-order chi connectivity index (χ0) is 10.6. The first kappa shape index (κ1) is 11.8. The molecule has 0 aromatic heterocycles. The van der Waals surface area contributed by atoms with Crippen LogP contribution >= 0.6 is 23.2 Å². The predicted molar refractivity (Wildman–Crippen MR) is 59.8 cm³/mol. The van der Waals surface area contributed by atoms with Crippen LogP contribution in [0, 0.1) is 5.92 Å². The molecule has 0 heterocycles. The molecule has 0 unspecified atom stereocenters. The Morgan fingerprint density at radius 2 is 2.00 bits per heavy atom. The third kappa shape index (κ3) is 3.14. The first-order valence-corrected chi connectivity index (χ1v) is 5.17. The van der Waals surface area contributed by atoms with Crippen molar-refractivity contribution in [3.63, 3.8) is 0 Å². The van der Waals surface area contributed by atoms with Gasteiger partial charge in [-0.25, -0.2) is 0 Å². The highest BCUT2D eigenvalue weighted by atomic mass is 35.5. The molecule has 78 valence electrons. The van der Waals surface area contributed by atoms with Gasteiger partial charge in [-0.15, -0.1) is 0 Å². The van der Waals surface area contributed by atoms with Crippen LogP contribution in [0.5, 0.6) is 0 Å². The van der Waals surface area contributed by atoms with Gasteiger partial charge in [-0.3, -0.25) is 0 Å². The van der Waals surface area contributed by atoms with Gasteiger partial charge in [0, 0.05) is 6.61 Å². The van der Waals surface area contributed by atoms with Gasteiger partial charge in [0.2, 0.25) is 0 Å². The summed E-state index contributed by atoms with van der Waals surface area (Å²) in [5.41, 5.74) is 6.53. The molecule has 0 saturated carbocycles. The molecule has 3 N–H and O–H groups in total. The number of benzene rings is 1. The molecule has 1 atom stereocenters. The lowest BCUT2D eigenvalue weighted by molar-refractivity contribution is 0.230. The average molecular weight is 234 g/mol. The lowest BCUT2D eigenvalue weighted by atomic mass is 10.0. The summed E-state index contributed by atoms with van der Waals surface area (Å²) in [6, 6.07) is 5.46. The second kappa shape index (κ2) is 5.56. The fourth-order valence-electron chi connectivity index (χ4n) is 1.22. The molecule has 1 rings (SSSR count). The van der Waals surface area contributed by atoms with Crippen molar-refractivity contribution in [1.82, 2.24) is 0 Å². The Kier molecular flexibility index (Phi) is 4.69. The summed E-state index contributed by atoms with van der Waals surface area (Å²) in [7, 11) is 0. The Morgan fingerprint density at radius 1 is 1.29 bits per heavy atom. The van der Waals surface area contributed by atoms with Crippen molar-refractivity contribution in [3.05, 3.63) is 33.8 Å². The van der Waals surface area contributed by atoms with E-state index in [2.05, 4.69) is 0 Å². The molecule has 2 nitrogen and oxygen atoms in total. The minimum absolute atomic E-state index is 0.0900. The second-order valence-electron chi connectivity index (χ2n) is 3.24. The van der Waals surface area contributed by atoms with Crippen LogP contribution in [-0.2, 0) is 6.42 Å². The van der Waals surface area contributed by atoms with Crippen molar-refractivity contribution >= 4 is 23.2 Å². The lowest BCUT2D eigenvalue weighted by Gasteiger charge is -2.11. The number of hydrogen-bond donors (Lipinski definition) is 2. The Labute approximate surface area is 93.6 Å². The smallest absolute Gasteiger partial charge is 0.0595 e. The van der Waals surface area contributed by atoms with Gasteiger partial charge in [-0.2, -0.15) is 0 Å². The van der Waals surface area contributed by atoms with Crippen LogP contribution in [0.2, 0.25) is 10.0 Å². The Morgan fingerprint density at radius 3 is 2.50 bits per heavy atom. The van der Waals surface area contributed by atoms with Crippen molar-refractivity contribution in [2.45, 2.75) is 6.42 Å². The molecule has 14 heavy (non-hydrogen) atoms. The molecule has 1 aromatic rings.